The maximum absolute atomic E-state index is 12.8. The van der Waals surface area contributed by atoms with Crippen LogP contribution in [0.3, 0.4) is 0 Å². The monoisotopic (exact) mass is 354 g/mol. The lowest BCUT2D eigenvalue weighted by molar-refractivity contribution is -0.139. The molecule has 0 radical (unpaired) electrons. The molecule has 23 heavy (non-hydrogen) atoms. The number of alkyl halides is 3. The average molecular weight is 355 g/mol. The zero-order valence-electron chi connectivity index (χ0n) is 13.0. The van der Waals surface area contributed by atoms with Gasteiger partial charge in [-0.3, -0.25) is 4.79 Å². The fourth-order valence-electron chi connectivity index (χ4n) is 1.79. The molecule has 0 fully saturated rings. The first-order chi connectivity index (χ1) is 10.2. The molecule has 0 aromatic heterocycles. The van der Waals surface area contributed by atoms with E-state index in [0.717, 1.165) is 6.07 Å². The molecule has 3 N–H and O–H groups in total. The number of hydrogen-bond acceptors (Lipinski definition) is 3. The fourth-order valence-corrected chi connectivity index (χ4v) is 1.79. The van der Waals surface area contributed by atoms with Crippen LogP contribution in [0.25, 0.3) is 0 Å². The highest BCUT2D eigenvalue weighted by molar-refractivity contribution is 5.85. The zero-order valence-corrected chi connectivity index (χ0v) is 13.8. The van der Waals surface area contributed by atoms with E-state index in [-0.39, 0.29) is 43.1 Å². The van der Waals surface area contributed by atoms with E-state index in [9.17, 15) is 18.0 Å². The number of nitrogens with two attached hydrogens (primary N) is 1. The Labute approximate surface area is 140 Å². The number of para-hydroxylation sites is 1. The summed E-state index contributed by atoms with van der Waals surface area (Å²) in [4.78, 5) is 11.6. The second-order valence-electron chi connectivity index (χ2n) is 5.29. The second-order valence-corrected chi connectivity index (χ2v) is 5.29. The molecule has 0 aliphatic heterocycles. The van der Waals surface area contributed by atoms with E-state index in [1.54, 1.807) is 13.8 Å². The molecule has 1 amide bonds. The van der Waals surface area contributed by atoms with Crippen molar-refractivity contribution in [3.05, 3.63) is 29.8 Å². The van der Waals surface area contributed by atoms with Crippen LogP contribution in [0.4, 0.5) is 13.2 Å². The Kier molecular flexibility index (Phi) is 9.01. The lowest BCUT2D eigenvalue weighted by Gasteiger charge is -2.18. The minimum absolute atomic E-state index is 0. The molecule has 0 saturated carbocycles. The molecule has 4 nitrogen and oxygen atoms in total. The number of ether oxygens (including phenoxy) is 1. The summed E-state index contributed by atoms with van der Waals surface area (Å²) < 4.78 is 43.6. The summed E-state index contributed by atoms with van der Waals surface area (Å²) in [5, 5.41) is 2.66. The number of carbonyl (C=O) groups excluding carboxylic acids is 1. The Morgan fingerprint density at radius 2 is 1.91 bits per heavy atom. The highest BCUT2D eigenvalue weighted by Crippen LogP contribution is 2.35. The average Bonchev–Trinajstić information content (AvgIpc) is 2.42. The zero-order chi connectivity index (χ0) is 16.8. The Balaban J connectivity index is 0.00000484. The minimum Gasteiger partial charge on any atom is -0.491 e. The number of nitrogens with one attached hydrogen (secondary N) is 1. The van der Waals surface area contributed by atoms with Crippen LogP contribution >= 0.6 is 12.4 Å². The van der Waals surface area contributed by atoms with Gasteiger partial charge in [-0.1, -0.05) is 12.1 Å². The highest BCUT2D eigenvalue weighted by Gasteiger charge is 2.34. The van der Waals surface area contributed by atoms with Crippen molar-refractivity contribution in [2.75, 3.05) is 6.61 Å². The van der Waals surface area contributed by atoms with Crippen molar-refractivity contribution in [2.45, 2.75) is 44.9 Å². The first-order valence-electron chi connectivity index (χ1n) is 7.04. The number of carbonyl (C=O) groups is 1. The molecule has 2 unspecified atom stereocenters. The third-order valence-corrected chi connectivity index (χ3v) is 2.92. The summed E-state index contributed by atoms with van der Waals surface area (Å²) in [7, 11) is 0. The summed E-state index contributed by atoms with van der Waals surface area (Å²) in [5.41, 5.74) is 4.72. The van der Waals surface area contributed by atoms with E-state index >= 15 is 0 Å². The van der Waals surface area contributed by atoms with Gasteiger partial charge in [-0.25, -0.2) is 0 Å². The van der Waals surface area contributed by atoms with Crippen LogP contribution in [-0.4, -0.2) is 24.6 Å². The maximum atomic E-state index is 12.8. The largest absolute Gasteiger partial charge is 0.491 e. The number of benzene rings is 1. The predicted octanol–water partition coefficient (Wildman–Crippen LogP) is 3.14. The second kappa shape index (κ2) is 9.62. The maximum Gasteiger partial charge on any atom is 0.419 e. The SMILES string of the molecule is CC(N)CCC(=O)NC(C)COc1ccccc1C(F)(F)F.Cl. The molecule has 2 atom stereocenters. The molecular weight excluding hydrogens is 333 g/mol. The summed E-state index contributed by atoms with van der Waals surface area (Å²) in [6.45, 7) is 3.42. The van der Waals surface area contributed by atoms with E-state index in [2.05, 4.69) is 5.32 Å². The van der Waals surface area contributed by atoms with E-state index in [0.29, 0.717) is 6.42 Å². The third kappa shape index (κ3) is 8.08. The van der Waals surface area contributed by atoms with E-state index < -0.39 is 17.8 Å². The van der Waals surface area contributed by atoms with Gasteiger partial charge in [0.1, 0.15) is 12.4 Å². The molecule has 1 aromatic carbocycles. The summed E-state index contributed by atoms with van der Waals surface area (Å²) in [6.07, 6.45) is -3.64. The van der Waals surface area contributed by atoms with Gasteiger partial charge in [0.2, 0.25) is 5.91 Å². The van der Waals surface area contributed by atoms with Crippen LogP contribution in [0.2, 0.25) is 0 Å². The summed E-state index contributed by atoms with van der Waals surface area (Å²) in [5.74, 6) is -0.441. The van der Waals surface area contributed by atoms with E-state index in [1.165, 1.54) is 18.2 Å². The molecule has 0 saturated heterocycles. The van der Waals surface area contributed by atoms with Gasteiger partial charge >= 0.3 is 6.18 Å². The molecular formula is C15H22ClF3N2O2. The summed E-state index contributed by atoms with van der Waals surface area (Å²) >= 11 is 0. The van der Waals surface area contributed by atoms with Crippen molar-refractivity contribution in [1.29, 1.82) is 0 Å². The topological polar surface area (TPSA) is 64.4 Å². The van der Waals surface area contributed by atoms with Crippen LogP contribution in [0.15, 0.2) is 24.3 Å². The van der Waals surface area contributed by atoms with Gasteiger partial charge in [0, 0.05) is 12.5 Å². The van der Waals surface area contributed by atoms with Gasteiger partial charge in [-0.15, -0.1) is 12.4 Å². The lowest BCUT2D eigenvalue weighted by Crippen LogP contribution is -2.37. The standard InChI is InChI=1S/C15H21F3N2O2.ClH/c1-10(19)7-8-14(21)20-11(2)9-22-13-6-4-3-5-12(13)15(16,17)18;/h3-6,10-11H,7-9,19H2,1-2H3,(H,20,21);1H. The Hall–Kier alpha value is -1.47. The summed E-state index contributed by atoms with van der Waals surface area (Å²) in [6, 6.07) is 4.51. The molecule has 1 aromatic rings. The smallest absolute Gasteiger partial charge is 0.419 e. The normalized spacial score (nSPS) is 13.7. The van der Waals surface area contributed by atoms with Crippen molar-refractivity contribution >= 4 is 18.3 Å². The van der Waals surface area contributed by atoms with Crippen molar-refractivity contribution in [3.8, 4) is 5.75 Å². The first-order valence-corrected chi connectivity index (χ1v) is 7.04. The minimum atomic E-state index is -4.47. The van der Waals surface area contributed by atoms with E-state index in [1.807, 2.05) is 0 Å². The van der Waals surface area contributed by atoms with Crippen LogP contribution in [-0.2, 0) is 11.0 Å². The van der Waals surface area contributed by atoms with Crippen molar-refractivity contribution in [1.82, 2.24) is 5.32 Å². The van der Waals surface area contributed by atoms with Gasteiger partial charge in [-0.05, 0) is 32.4 Å². The van der Waals surface area contributed by atoms with Crippen LogP contribution < -0.4 is 15.8 Å². The molecule has 132 valence electrons. The first kappa shape index (κ1) is 21.5. The van der Waals surface area contributed by atoms with Gasteiger partial charge in [0.15, 0.2) is 0 Å². The quantitative estimate of drug-likeness (QED) is 0.790. The molecule has 0 aliphatic rings. The van der Waals surface area contributed by atoms with Crippen LogP contribution in [0.5, 0.6) is 5.75 Å². The Bertz CT molecular complexity index is 496. The van der Waals surface area contributed by atoms with Crippen molar-refractivity contribution in [3.63, 3.8) is 0 Å². The fraction of sp³-hybridized carbons (Fsp3) is 0.533. The molecule has 0 heterocycles. The van der Waals surface area contributed by atoms with Gasteiger partial charge in [0.25, 0.3) is 0 Å². The van der Waals surface area contributed by atoms with Crippen molar-refractivity contribution < 1.29 is 22.7 Å². The number of amides is 1. The Morgan fingerprint density at radius 1 is 1.30 bits per heavy atom. The van der Waals surface area contributed by atoms with E-state index in [4.69, 9.17) is 10.5 Å². The van der Waals surface area contributed by atoms with Gasteiger partial charge in [0.05, 0.1) is 11.6 Å². The van der Waals surface area contributed by atoms with Crippen LogP contribution in [0, 0.1) is 0 Å². The van der Waals surface area contributed by atoms with Gasteiger partial charge in [-0.2, -0.15) is 13.2 Å². The molecule has 1 rings (SSSR count). The Morgan fingerprint density at radius 3 is 2.48 bits per heavy atom. The van der Waals surface area contributed by atoms with Crippen molar-refractivity contribution in [2.24, 2.45) is 5.73 Å². The van der Waals surface area contributed by atoms with Crippen LogP contribution in [0.1, 0.15) is 32.3 Å². The predicted molar refractivity (Wildman–Crippen MR) is 84.7 cm³/mol. The van der Waals surface area contributed by atoms with Gasteiger partial charge < -0.3 is 15.8 Å². The molecule has 0 spiro atoms. The number of hydrogen-bond donors (Lipinski definition) is 2. The molecule has 0 bridgehead atoms. The number of halogens is 4. The number of rotatable bonds is 7. The highest BCUT2D eigenvalue weighted by atomic mass is 35.5. The third-order valence-electron chi connectivity index (χ3n) is 2.92. The lowest BCUT2D eigenvalue weighted by atomic mass is 10.2. The molecule has 8 heteroatoms. The molecule has 0 aliphatic carbocycles.